The van der Waals surface area contributed by atoms with Crippen molar-refractivity contribution in [3.05, 3.63) is 12.2 Å². The standard InChI is InChI=1S/C15H26O5/c1-2-3-4-5-10(16)6-7-11-12(8-15(19)20)14(18)9-13(11)17/h6-7,10-14,16-18H,2-5,8-9H2,1H3,(H,19,20)/t10-,11+,12+,13+,14-/m0/s1. The lowest BCUT2D eigenvalue weighted by Gasteiger charge is -2.19. The Morgan fingerprint density at radius 2 is 2.00 bits per heavy atom. The molecule has 0 heterocycles. The van der Waals surface area contributed by atoms with Crippen LogP contribution in [-0.2, 0) is 4.79 Å². The van der Waals surface area contributed by atoms with Crippen LogP contribution in [0.1, 0.15) is 45.4 Å². The van der Waals surface area contributed by atoms with Gasteiger partial charge in [-0.15, -0.1) is 0 Å². The first-order chi connectivity index (χ1) is 9.45. The van der Waals surface area contributed by atoms with Gasteiger partial charge in [-0.05, 0) is 6.42 Å². The van der Waals surface area contributed by atoms with Gasteiger partial charge in [0.1, 0.15) is 0 Å². The molecule has 116 valence electrons. The Hall–Kier alpha value is -0.910. The molecule has 0 aromatic heterocycles. The molecule has 5 nitrogen and oxygen atoms in total. The highest BCUT2D eigenvalue weighted by Crippen LogP contribution is 2.36. The molecule has 0 spiro atoms. The van der Waals surface area contributed by atoms with Crippen molar-refractivity contribution in [2.75, 3.05) is 0 Å². The molecule has 20 heavy (non-hydrogen) atoms. The molecule has 1 saturated carbocycles. The van der Waals surface area contributed by atoms with E-state index in [0.717, 1.165) is 19.3 Å². The smallest absolute Gasteiger partial charge is 0.303 e. The molecule has 1 fully saturated rings. The van der Waals surface area contributed by atoms with E-state index in [1.807, 2.05) is 0 Å². The van der Waals surface area contributed by atoms with Crippen LogP contribution < -0.4 is 0 Å². The average Bonchev–Trinajstić information content (AvgIpc) is 2.62. The molecule has 0 radical (unpaired) electrons. The molecule has 0 saturated heterocycles. The van der Waals surface area contributed by atoms with E-state index in [-0.39, 0.29) is 12.8 Å². The van der Waals surface area contributed by atoms with Crippen molar-refractivity contribution < 1.29 is 25.2 Å². The summed E-state index contributed by atoms with van der Waals surface area (Å²) in [4.78, 5) is 10.8. The van der Waals surface area contributed by atoms with Gasteiger partial charge in [0.2, 0.25) is 0 Å². The summed E-state index contributed by atoms with van der Waals surface area (Å²) in [5.41, 5.74) is 0. The zero-order valence-corrected chi connectivity index (χ0v) is 12.0. The van der Waals surface area contributed by atoms with Crippen LogP contribution in [0.5, 0.6) is 0 Å². The van der Waals surface area contributed by atoms with Crippen LogP contribution in [-0.4, -0.2) is 44.7 Å². The van der Waals surface area contributed by atoms with E-state index in [9.17, 15) is 20.1 Å². The van der Waals surface area contributed by atoms with Gasteiger partial charge >= 0.3 is 5.97 Å². The van der Waals surface area contributed by atoms with Gasteiger partial charge in [-0.3, -0.25) is 4.79 Å². The van der Waals surface area contributed by atoms with Crippen LogP contribution >= 0.6 is 0 Å². The number of carboxylic acid groups (broad SMARTS) is 1. The van der Waals surface area contributed by atoms with Gasteiger partial charge in [-0.25, -0.2) is 0 Å². The molecule has 0 aromatic carbocycles. The molecule has 0 aliphatic heterocycles. The highest BCUT2D eigenvalue weighted by Gasteiger charge is 2.41. The number of aliphatic hydroxyl groups excluding tert-OH is 3. The minimum atomic E-state index is -0.981. The summed E-state index contributed by atoms with van der Waals surface area (Å²) in [5.74, 6) is -1.87. The summed E-state index contributed by atoms with van der Waals surface area (Å²) in [6.07, 6.45) is 4.97. The number of aliphatic hydroxyl groups is 3. The fourth-order valence-corrected chi connectivity index (χ4v) is 2.82. The van der Waals surface area contributed by atoms with E-state index in [0.29, 0.717) is 6.42 Å². The van der Waals surface area contributed by atoms with Gasteiger partial charge in [0, 0.05) is 18.3 Å². The van der Waals surface area contributed by atoms with Crippen molar-refractivity contribution in [3.63, 3.8) is 0 Å². The summed E-state index contributed by atoms with van der Waals surface area (Å²) >= 11 is 0. The van der Waals surface area contributed by atoms with Crippen molar-refractivity contribution in [2.24, 2.45) is 11.8 Å². The largest absolute Gasteiger partial charge is 0.481 e. The van der Waals surface area contributed by atoms with Gasteiger partial charge in [0.15, 0.2) is 0 Å². The Kier molecular flexibility index (Phi) is 7.19. The molecule has 5 heteroatoms. The van der Waals surface area contributed by atoms with Crippen LogP contribution in [0.3, 0.4) is 0 Å². The van der Waals surface area contributed by atoms with E-state index in [1.54, 1.807) is 12.2 Å². The van der Waals surface area contributed by atoms with Crippen molar-refractivity contribution in [2.45, 2.75) is 63.8 Å². The molecule has 0 aromatic rings. The van der Waals surface area contributed by atoms with Crippen LogP contribution in [0, 0.1) is 11.8 Å². The second kappa shape index (κ2) is 8.39. The quantitative estimate of drug-likeness (QED) is 0.398. The second-order valence-corrected chi connectivity index (χ2v) is 5.66. The van der Waals surface area contributed by atoms with E-state index in [4.69, 9.17) is 5.11 Å². The highest BCUT2D eigenvalue weighted by atomic mass is 16.4. The minimum Gasteiger partial charge on any atom is -0.481 e. The maximum Gasteiger partial charge on any atom is 0.303 e. The SMILES string of the molecule is CCCCC[C@H](O)C=C[C@@H]1[C@@H](CC(=O)O)[C@@H](O)C[C@H]1O. The summed E-state index contributed by atoms with van der Waals surface area (Å²) in [7, 11) is 0. The Labute approximate surface area is 119 Å². The fourth-order valence-electron chi connectivity index (χ4n) is 2.82. The molecule has 4 N–H and O–H groups in total. The lowest BCUT2D eigenvalue weighted by molar-refractivity contribution is -0.139. The molecular weight excluding hydrogens is 260 g/mol. The average molecular weight is 286 g/mol. The summed E-state index contributed by atoms with van der Waals surface area (Å²) < 4.78 is 0. The summed E-state index contributed by atoms with van der Waals surface area (Å²) in [6, 6.07) is 0. The van der Waals surface area contributed by atoms with Crippen LogP contribution in [0.25, 0.3) is 0 Å². The molecule has 5 atom stereocenters. The Morgan fingerprint density at radius 1 is 1.30 bits per heavy atom. The number of aliphatic carboxylic acids is 1. The number of unbranched alkanes of at least 4 members (excludes halogenated alkanes) is 2. The van der Waals surface area contributed by atoms with E-state index in [1.165, 1.54) is 0 Å². The molecule has 0 bridgehead atoms. The fraction of sp³-hybridized carbons (Fsp3) is 0.800. The number of carbonyl (C=O) groups is 1. The number of rotatable bonds is 8. The lowest BCUT2D eigenvalue weighted by atomic mass is 9.90. The topological polar surface area (TPSA) is 98.0 Å². The maximum atomic E-state index is 10.8. The summed E-state index contributed by atoms with van der Waals surface area (Å²) in [6.45, 7) is 2.09. The Morgan fingerprint density at radius 3 is 2.60 bits per heavy atom. The van der Waals surface area contributed by atoms with Crippen LogP contribution in [0.15, 0.2) is 12.2 Å². The molecule has 1 rings (SSSR count). The molecule has 0 unspecified atom stereocenters. The van der Waals surface area contributed by atoms with Gasteiger partial charge < -0.3 is 20.4 Å². The maximum absolute atomic E-state index is 10.8. The van der Waals surface area contributed by atoms with Crippen molar-refractivity contribution in [1.29, 1.82) is 0 Å². The van der Waals surface area contributed by atoms with E-state index in [2.05, 4.69) is 6.92 Å². The number of carboxylic acids is 1. The third-order valence-electron chi connectivity index (χ3n) is 3.99. The van der Waals surface area contributed by atoms with Gasteiger partial charge in [-0.2, -0.15) is 0 Å². The predicted octanol–water partition coefficient (Wildman–Crippen LogP) is 1.32. The number of hydrogen-bond donors (Lipinski definition) is 4. The Balaban J connectivity index is 2.55. The second-order valence-electron chi connectivity index (χ2n) is 5.66. The van der Waals surface area contributed by atoms with Gasteiger partial charge in [-0.1, -0.05) is 38.3 Å². The third-order valence-corrected chi connectivity index (χ3v) is 3.99. The molecule has 1 aliphatic carbocycles. The molecule has 0 amide bonds. The summed E-state index contributed by atoms with van der Waals surface area (Å²) in [5, 5.41) is 38.3. The van der Waals surface area contributed by atoms with Crippen molar-refractivity contribution in [1.82, 2.24) is 0 Å². The monoisotopic (exact) mass is 286 g/mol. The first-order valence-electron chi connectivity index (χ1n) is 7.40. The number of hydrogen-bond acceptors (Lipinski definition) is 4. The first-order valence-corrected chi connectivity index (χ1v) is 7.40. The normalized spacial score (nSPS) is 31.8. The van der Waals surface area contributed by atoms with E-state index < -0.39 is 36.1 Å². The zero-order valence-electron chi connectivity index (χ0n) is 12.0. The predicted molar refractivity (Wildman–Crippen MR) is 75.2 cm³/mol. The van der Waals surface area contributed by atoms with Gasteiger partial charge in [0.25, 0.3) is 0 Å². The lowest BCUT2D eigenvalue weighted by Crippen LogP contribution is -2.23. The van der Waals surface area contributed by atoms with E-state index >= 15 is 0 Å². The van der Waals surface area contributed by atoms with Crippen molar-refractivity contribution >= 4 is 5.97 Å². The molecular formula is C15H26O5. The highest BCUT2D eigenvalue weighted by molar-refractivity contribution is 5.67. The minimum absolute atomic E-state index is 0.167. The van der Waals surface area contributed by atoms with Crippen LogP contribution in [0.2, 0.25) is 0 Å². The Bertz CT molecular complexity index is 328. The van der Waals surface area contributed by atoms with Crippen LogP contribution in [0.4, 0.5) is 0 Å². The third kappa shape index (κ3) is 5.23. The van der Waals surface area contributed by atoms with Gasteiger partial charge in [0.05, 0.1) is 24.7 Å². The molecule has 1 aliphatic rings. The van der Waals surface area contributed by atoms with Crippen molar-refractivity contribution in [3.8, 4) is 0 Å². The zero-order chi connectivity index (χ0) is 15.1. The first kappa shape index (κ1) is 17.1.